The molecule has 2 heterocycles. The van der Waals surface area contributed by atoms with E-state index in [0.29, 0.717) is 11.8 Å². The van der Waals surface area contributed by atoms with E-state index in [9.17, 15) is 0 Å². The number of anilines is 3. The van der Waals surface area contributed by atoms with Crippen molar-refractivity contribution < 1.29 is 0 Å². The molecule has 1 fully saturated rings. The summed E-state index contributed by atoms with van der Waals surface area (Å²) in [6.45, 7) is 3.98. The third-order valence-corrected chi connectivity index (χ3v) is 3.79. The molecule has 3 rings (SSSR count). The van der Waals surface area contributed by atoms with Gasteiger partial charge in [-0.2, -0.15) is 10.1 Å². The lowest BCUT2D eigenvalue weighted by atomic mass is 10.2. The first kappa shape index (κ1) is 13.1. The molecule has 20 heavy (non-hydrogen) atoms. The van der Waals surface area contributed by atoms with Gasteiger partial charge in [0.15, 0.2) is 5.82 Å². The van der Waals surface area contributed by atoms with E-state index < -0.39 is 0 Å². The summed E-state index contributed by atoms with van der Waals surface area (Å²) in [5.41, 5.74) is 1.95. The van der Waals surface area contributed by atoms with Gasteiger partial charge >= 0.3 is 0 Å². The summed E-state index contributed by atoms with van der Waals surface area (Å²) in [6, 6.07) is 5.83. The summed E-state index contributed by atoms with van der Waals surface area (Å²) >= 11 is 6.12. The summed E-state index contributed by atoms with van der Waals surface area (Å²) in [5, 5.41) is 12.1. The van der Waals surface area contributed by atoms with E-state index in [4.69, 9.17) is 11.6 Å². The van der Waals surface area contributed by atoms with E-state index in [1.165, 1.54) is 12.8 Å². The Labute approximate surface area is 123 Å². The second kappa shape index (κ2) is 5.63. The predicted octanol–water partition coefficient (Wildman–Crippen LogP) is 3.18. The van der Waals surface area contributed by atoms with Crippen molar-refractivity contribution in [2.24, 2.45) is 0 Å². The molecule has 5 nitrogen and oxygen atoms in total. The summed E-state index contributed by atoms with van der Waals surface area (Å²) in [4.78, 5) is 6.65. The number of rotatable bonds is 3. The maximum atomic E-state index is 6.12. The van der Waals surface area contributed by atoms with Gasteiger partial charge in [0.05, 0.1) is 6.20 Å². The van der Waals surface area contributed by atoms with Gasteiger partial charge in [-0.1, -0.05) is 17.7 Å². The molecule has 1 aliphatic rings. The molecule has 0 saturated carbocycles. The fourth-order valence-corrected chi connectivity index (χ4v) is 2.40. The van der Waals surface area contributed by atoms with Gasteiger partial charge in [0.2, 0.25) is 5.95 Å². The van der Waals surface area contributed by atoms with Crippen LogP contribution in [0.15, 0.2) is 24.4 Å². The van der Waals surface area contributed by atoms with Gasteiger partial charge in [-0.25, -0.2) is 0 Å². The van der Waals surface area contributed by atoms with Crippen LogP contribution in [0.1, 0.15) is 18.4 Å². The van der Waals surface area contributed by atoms with Crippen LogP contribution in [0.2, 0.25) is 5.02 Å². The fourth-order valence-electron chi connectivity index (χ4n) is 2.22. The summed E-state index contributed by atoms with van der Waals surface area (Å²) < 4.78 is 0. The number of nitrogens with zero attached hydrogens (tertiary/aromatic N) is 4. The number of hydrogen-bond acceptors (Lipinski definition) is 5. The van der Waals surface area contributed by atoms with E-state index in [0.717, 1.165) is 29.4 Å². The van der Waals surface area contributed by atoms with Crippen LogP contribution in [0.3, 0.4) is 0 Å². The molecule has 0 unspecified atom stereocenters. The number of aryl methyl sites for hydroxylation is 1. The van der Waals surface area contributed by atoms with Gasteiger partial charge in [-0.3, -0.25) is 0 Å². The van der Waals surface area contributed by atoms with Crippen molar-refractivity contribution >= 4 is 29.1 Å². The highest BCUT2D eigenvalue weighted by Crippen LogP contribution is 2.23. The van der Waals surface area contributed by atoms with Gasteiger partial charge < -0.3 is 10.2 Å². The lowest BCUT2D eigenvalue weighted by molar-refractivity contribution is 0.852. The Morgan fingerprint density at radius 2 is 2.05 bits per heavy atom. The average molecular weight is 290 g/mol. The molecule has 1 N–H and O–H groups in total. The SMILES string of the molecule is Cc1ccc(Nc2cnnc(N3CCCC3)n2)cc1Cl. The molecule has 104 valence electrons. The van der Waals surface area contributed by atoms with Crippen LogP contribution in [0.4, 0.5) is 17.5 Å². The lowest BCUT2D eigenvalue weighted by Gasteiger charge is -2.15. The van der Waals surface area contributed by atoms with E-state index in [-0.39, 0.29) is 0 Å². The Balaban J connectivity index is 1.79. The Kier molecular flexibility index (Phi) is 3.69. The maximum absolute atomic E-state index is 6.12. The van der Waals surface area contributed by atoms with Crippen molar-refractivity contribution in [3.63, 3.8) is 0 Å². The smallest absolute Gasteiger partial charge is 0.247 e. The molecular weight excluding hydrogens is 274 g/mol. The van der Waals surface area contributed by atoms with Crippen molar-refractivity contribution in [3.8, 4) is 0 Å². The molecule has 0 radical (unpaired) electrons. The van der Waals surface area contributed by atoms with Crippen LogP contribution < -0.4 is 10.2 Å². The second-order valence-corrected chi connectivity index (χ2v) is 5.33. The first-order valence-corrected chi connectivity index (χ1v) is 7.08. The molecule has 6 heteroatoms. The molecule has 0 spiro atoms. The van der Waals surface area contributed by atoms with E-state index in [2.05, 4.69) is 25.4 Å². The highest BCUT2D eigenvalue weighted by Gasteiger charge is 2.15. The Morgan fingerprint density at radius 3 is 2.80 bits per heavy atom. The lowest BCUT2D eigenvalue weighted by Crippen LogP contribution is -2.21. The molecule has 0 aliphatic carbocycles. The van der Waals surface area contributed by atoms with Gasteiger partial charge in [0.25, 0.3) is 0 Å². The topological polar surface area (TPSA) is 53.9 Å². The average Bonchev–Trinajstić information content (AvgIpc) is 2.97. The zero-order valence-corrected chi connectivity index (χ0v) is 12.1. The minimum absolute atomic E-state index is 0.682. The molecular formula is C14H16ClN5. The van der Waals surface area contributed by atoms with E-state index in [1.54, 1.807) is 6.20 Å². The molecule has 1 aliphatic heterocycles. The van der Waals surface area contributed by atoms with Crippen LogP contribution in [0, 0.1) is 6.92 Å². The number of hydrogen-bond donors (Lipinski definition) is 1. The van der Waals surface area contributed by atoms with Crippen molar-refractivity contribution in [2.75, 3.05) is 23.3 Å². The van der Waals surface area contributed by atoms with Crippen LogP contribution in [0.25, 0.3) is 0 Å². The molecule has 1 saturated heterocycles. The van der Waals surface area contributed by atoms with Crippen LogP contribution >= 0.6 is 11.6 Å². The van der Waals surface area contributed by atoms with Crippen molar-refractivity contribution in [1.82, 2.24) is 15.2 Å². The minimum Gasteiger partial charge on any atom is -0.339 e. The zero-order chi connectivity index (χ0) is 13.9. The van der Waals surface area contributed by atoms with Crippen LogP contribution in [-0.4, -0.2) is 28.3 Å². The Hall–Kier alpha value is -1.88. The van der Waals surface area contributed by atoms with Crippen molar-refractivity contribution in [1.29, 1.82) is 0 Å². The molecule has 1 aromatic heterocycles. The standard InChI is InChI=1S/C14H16ClN5/c1-10-4-5-11(8-12(10)15)17-13-9-16-19-14(18-13)20-6-2-3-7-20/h4-5,8-9H,2-3,6-7H2,1H3,(H,17,18,19). The Morgan fingerprint density at radius 1 is 1.25 bits per heavy atom. The van der Waals surface area contributed by atoms with Gasteiger partial charge in [0.1, 0.15) is 0 Å². The quantitative estimate of drug-likeness (QED) is 0.940. The molecule has 2 aromatic rings. The molecule has 0 bridgehead atoms. The maximum Gasteiger partial charge on any atom is 0.247 e. The Bertz CT molecular complexity index is 610. The van der Waals surface area contributed by atoms with Crippen molar-refractivity contribution in [3.05, 3.63) is 35.0 Å². The third kappa shape index (κ3) is 2.82. The predicted molar refractivity (Wildman–Crippen MR) is 80.7 cm³/mol. The largest absolute Gasteiger partial charge is 0.339 e. The molecule has 0 amide bonds. The zero-order valence-electron chi connectivity index (χ0n) is 11.3. The summed E-state index contributed by atoms with van der Waals surface area (Å²) in [5.74, 6) is 1.37. The molecule has 1 aromatic carbocycles. The number of aromatic nitrogens is 3. The third-order valence-electron chi connectivity index (χ3n) is 3.38. The van der Waals surface area contributed by atoms with Gasteiger partial charge in [0, 0.05) is 23.8 Å². The number of halogens is 1. The fraction of sp³-hybridized carbons (Fsp3) is 0.357. The second-order valence-electron chi connectivity index (χ2n) is 4.92. The first-order valence-electron chi connectivity index (χ1n) is 6.70. The number of benzene rings is 1. The highest BCUT2D eigenvalue weighted by molar-refractivity contribution is 6.31. The highest BCUT2D eigenvalue weighted by atomic mass is 35.5. The van der Waals surface area contributed by atoms with E-state index >= 15 is 0 Å². The molecule has 0 atom stereocenters. The minimum atomic E-state index is 0.682. The number of nitrogens with one attached hydrogen (secondary N) is 1. The van der Waals surface area contributed by atoms with Crippen LogP contribution in [0.5, 0.6) is 0 Å². The van der Waals surface area contributed by atoms with Gasteiger partial charge in [-0.15, -0.1) is 5.10 Å². The summed E-state index contributed by atoms with van der Waals surface area (Å²) in [6.07, 6.45) is 4.00. The van der Waals surface area contributed by atoms with Crippen molar-refractivity contribution in [2.45, 2.75) is 19.8 Å². The van der Waals surface area contributed by atoms with E-state index in [1.807, 2.05) is 25.1 Å². The summed E-state index contributed by atoms with van der Waals surface area (Å²) in [7, 11) is 0. The first-order chi connectivity index (χ1) is 9.72. The normalized spacial score (nSPS) is 14.6. The monoisotopic (exact) mass is 289 g/mol. The van der Waals surface area contributed by atoms with Crippen LogP contribution in [-0.2, 0) is 0 Å². The van der Waals surface area contributed by atoms with Gasteiger partial charge in [-0.05, 0) is 37.5 Å².